The summed E-state index contributed by atoms with van der Waals surface area (Å²) in [7, 11) is 0. The number of carbonyl (C=O) groups is 2. The van der Waals surface area contributed by atoms with Crippen molar-refractivity contribution in [2.45, 2.75) is 5.92 Å². The second-order valence-corrected chi connectivity index (χ2v) is 7.24. The molecule has 6 nitrogen and oxygen atoms in total. The minimum Gasteiger partial charge on any atom is -0.477 e. The van der Waals surface area contributed by atoms with E-state index in [9.17, 15) is 9.59 Å². The molecule has 0 fully saturated rings. The average Bonchev–Trinajstić information content (AvgIpc) is 3.31. The van der Waals surface area contributed by atoms with Gasteiger partial charge in [-0.15, -0.1) is 0 Å². The topological polar surface area (TPSA) is 91.4 Å². The van der Waals surface area contributed by atoms with E-state index in [0.717, 1.165) is 11.1 Å². The Morgan fingerprint density at radius 1 is 0.933 bits per heavy atom. The Morgan fingerprint density at radius 3 is 2.27 bits per heavy atom. The lowest BCUT2D eigenvalue weighted by atomic mass is 9.98. The molecule has 0 radical (unpaired) electrons. The van der Waals surface area contributed by atoms with Crippen LogP contribution in [0.15, 0.2) is 72.8 Å². The Kier molecular flexibility index (Phi) is 4.25. The van der Waals surface area contributed by atoms with Crippen LogP contribution in [0.2, 0.25) is 0 Å². The van der Waals surface area contributed by atoms with Crippen molar-refractivity contribution in [1.82, 2.24) is 4.98 Å². The van der Waals surface area contributed by atoms with E-state index < -0.39 is 12.1 Å². The second-order valence-electron chi connectivity index (χ2n) is 7.24. The number of amides is 1. The van der Waals surface area contributed by atoms with Crippen LogP contribution in [0.25, 0.3) is 22.0 Å². The number of aromatic nitrogens is 1. The number of aromatic carboxylic acids is 1. The number of ether oxygens (including phenoxy) is 1. The van der Waals surface area contributed by atoms with Crippen LogP contribution >= 0.6 is 0 Å². The largest absolute Gasteiger partial charge is 0.477 e. The molecule has 1 aromatic heterocycles. The first kappa shape index (κ1) is 18.0. The van der Waals surface area contributed by atoms with Gasteiger partial charge in [0.05, 0.1) is 0 Å². The highest BCUT2D eigenvalue weighted by molar-refractivity contribution is 5.96. The van der Waals surface area contributed by atoms with Crippen molar-refractivity contribution >= 4 is 28.7 Å². The molecule has 148 valence electrons. The highest BCUT2D eigenvalue weighted by atomic mass is 16.5. The van der Waals surface area contributed by atoms with Gasteiger partial charge in [-0.2, -0.15) is 0 Å². The first-order valence-corrected chi connectivity index (χ1v) is 9.58. The summed E-state index contributed by atoms with van der Waals surface area (Å²) in [4.78, 5) is 26.3. The van der Waals surface area contributed by atoms with Gasteiger partial charge in [-0.3, -0.25) is 5.32 Å². The van der Waals surface area contributed by atoms with Crippen LogP contribution in [0, 0.1) is 0 Å². The standard InChI is InChI=1S/C24H18N2O4/c27-23(28)22-12-14-11-15(9-10-21(14)26-22)25-24(29)30-13-20-18-7-3-1-5-16(18)17-6-2-4-8-19(17)20/h1-12,20,26H,13H2,(H,25,29)(H,27,28). The molecule has 0 saturated heterocycles. The molecule has 0 saturated carbocycles. The highest BCUT2D eigenvalue weighted by Crippen LogP contribution is 2.44. The van der Waals surface area contributed by atoms with Crippen molar-refractivity contribution in [3.8, 4) is 11.1 Å². The van der Waals surface area contributed by atoms with Gasteiger partial charge < -0.3 is 14.8 Å². The number of carboxylic acid groups (broad SMARTS) is 1. The minimum absolute atomic E-state index is 0.00608. The van der Waals surface area contributed by atoms with Crippen molar-refractivity contribution < 1.29 is 19.4 Å². The number of fused-ring (bicyclic) bond motifs is 4. The molecule has 0 spiro atoms. The number of aromatic amines is 1. The van der Waals surface area contributed by atoms with Crippen LogP contribution < -0.4 is 5.32 Å². The molecular formula is C24H18N2O4. The monoisotopic (exact) mass is 398 g/mol. The molecule has 0 aliphatic heterocycles. The molecule has 1 heterocycles. The van der Waals surface area contributed by atoms with Crippen LogP contribution in [0.4, 0.5) is 10.5 Å². The average molecular weight is 398 g/mol. The normalized spacial score (nSPS) is 12.4. The van der Waals surface area contributed by atoms with Gasteiger partial charge in [-0.1, -0.05) is 48.5 Å². The van der Waals surface area contributed by atoms with Crippen LogP contribution in [-0.2, 0) is 4.74 Å². The quantitative estimate of drug-likeness (QED) is 0.439. The van der Waals surface area contributed by atoms with E-state index in [2.05, 4.69) is 34.6 Å². The lowest BCUT2D eigenvalue weighted by molar-refractivity contribution is 0.0691. The third-order valence-electron chi connectivity index (χ3n) is 5.44. The summed E-state index contributed by atoms with van der Waals surface area (Å²) in [5.41, 5.74) is 5.98. The molecule has 5 rings (SSSR count). The van der Waals surface area contributed by atoms with Gasteiger partial charge in [-0.05, 0) is 46.5 Å². The smallest absolute Gasteiger partial charge is 0.411 e. The second kappa shape index (κ2) is 7.08. The molecule has 3 aromatic carbocycles. The summed E-state index contributed by atoms with van der Waals surface area (Å²) in [6.45, 7) is 0.232. The molecule has 0 unspecified atom stereocenters. The summed E-state index contributed by atoms with van der Waals surface area (Å²) >= 11 is 0. The number of anilines is 1. The maximum absolute atomic E-state index is 12.4. The predicted octanol–water partition coefficient (Wildman–Crippen LogP) is 5.23. The maximum atomic E-state index is 12.4. The van der Waals surface area contributed by atoms with Crippen molar-refractivity contribution in [3.63, 3.8) is 0 Å². The van der Waals surface area contributed by atoms with Gasteiger partial charge in [0.15, 0.2) is 0 Å². The first-order chi connectivity index (χ1) is 14.6. The summed E-state index contributed by atoms with van der Waals surface area (Å²) in [5, 5.41) is 12.5. The Morgan fingerprint density at radius 2 is 1.60 bits per heavy atom. The van der Waals surface area contributed by atoms with E-state index in [1.165, 1.54) is 17.2 Å². The number of rotatable bonds is 4. The van der Waals surface area contributed by atoms with Crippen molar-refractivity contribution in [2.24, 2.45) is 0 Å². The van der Waals surface area contributed by atoms with Gasteiger partial charge in [0.25, 0.3) is 0 Å². The minimum atomic E-state index is -1.03. The van der Waals surface area contributed by atoms with Crippen molar-refractivity contribution in [1.29, 1.82) is 0 Å². The van der Waals surface area contributed by atoms with Crippen molar-refractivity contribution in [3.05, 3.63) is 89.6 Å². The molecule has 1 amide bonds. The third kappa shape index (κ3) is 3.08. The van der Waals surface area contributed by atoms with Gasteiger partial charge in [0.1, 0.15) is 12.3 Å². The third-order valence-corrected chi connectivity index (χ3v) is 5.44. The molecule has 4 aromatic rings. The van der Waals surface area contributed by atoms with E-state index in [1.54, 1.807) is 18.2 Å². The molecule has 0 atom stereocenters. The number of carboxylic acids is 1. The van der Waals surface area contributed by atoms with Gasteiger partial charge in [0, 0.05) is 22.5 Å². The number of benzene rings is 3. The van der Waals surface area contributed by atoms with Gasteiger partial charge in [0.2, 0.25) is 0 Å². The molecule has 3 N–H and O–H groups in total. The predicted molar refractivity (Wildman–Crippen MR) is 114 cm³/mol. The highest BCUT2D eigenvalue weighted by Gasteiger charge is 2.29. The number of nitrogens with one attached hydrogen (secondary N) is 2. The fourth-order valence-electron chi connectivity index (χ4n) is 4.08. The summed E-state index contributed by atoms with van der Waals surface area (Å²) in [5.74, 6) is -1.04. The van der Waals surface area contributed by atoms with E-state index in [4.69, 9.17) is 9.84 Å². The zero-order chi connectivity index (χ0) is 20.7. The fourth-order valence-corrected chi connectivity index (χ4v) is 4.08. The Labute approximate surface area is 172 Å². The van der Waals surface area contributed by atoms with E-state index in [-0.39, 0.29) is 18.2 Å². The molecule has 1 aliphatic rings. The molecular weight excluding hydrogens is 380 g/mol. The van der Waals surface area contributed by atoms with E-state index in [0.29, 0.717) is 16.6 Å². The molecule has 0 bridgehead atoms. The van der Waals surface area contributed by atoms with E-state index >= 15 is 0 Å². The van der Waals surface area contributed by atoms with Crippen LogP contribution in [0.3, 0.4) is 0 Å². The Bertz CT molecular complexity index is 1250. The van der Waals surface area contributed by atoms with Gasteiger partial charge >= 0.3 is 12.1 Å². The van der Waals surface area contributed by atoms with Crippen LogP contribution in [0.1, 0.15) is 27.5 Å². The molecule has 6 heteroatoms. The van der Waals surface area contributed by atoms with Crippen molar-refractivity contribution in [2.75, 3.05) is 11.9 Å². The molecule has 30 heavy (non-hydrogen) atoms. The molecule has 1 aliphatic carbocycles. The van der Waals surface area contributed by atoms with E-state index in [1.807, 2.05) is 24.3 Å². The number of carbonyl (C=O) groups excluding carboxylic acids is 1. The number of H-pyrrole nitrogens is 1. The summed E-state index contributed by atoms with van der Waals surface area (Å²) in [6, 6.07) is 23.0. The summed E-state index contributed by atoms with van der Waals surface area (Å²) in [6.07, 6.45) is -0.551. The lowest BCUT2D eigenvalue weighted by Gasteiger charge is -2.14. The number of hydrogen-bond donors (Lipinski definition) is 3. The summed E-state index contributed by atoms with van der Waals surface area (Å²) < 4.78 is 5.55. The Balaban J connectivity index is 1.31. The number of hydrogen-bond acceptors (Lipinski definition) is 3. The van der Waals surface area contributed by atoms with Crippen LogP contribution in [-0.4, -0.2) is 28.8 Å². The lowest BCUT2D eigenvalue weighted by Crippen LogP contribution is -2.17. The van der Waals surface area contributed by atoms with Crippen LogP contribution in [0.5, 0.6) is 0 Å². The zero-order valence-electron chi connectivity index (χ0n) is 15.9. The maximum Gasteiger partial charge on any atom is 0.411 e. The SMILES string of the molecule is O=C(Nc1ccc2[nH]c(C(=O)O)cc2c1)OCC1c2ccccc2-c2ccccc21. The Hall–Kier alpha value is -4.06. The fraction of sp³-hybridized carbons (Fsp3) is 0.0833. The zero-order valence-corrected chi connectivity index (χ0v) is 15.9. The first-order valence-electron chi connectivity index (χ1n) is 9.58. The van der Waals surface area contributed by atoms with Gasteiger partial charge in [-0.25, -0.2) is 9.59 Å².